The van der Waals surface area contributed by atoms with Crippen molar-refractivity contribution in [1.29, 1.82) is 0 Å². The minimum absolute atomic E-state index is 0.0327. The summed E-state index contributed by atoms with van der Waals surface area (Å²) in [6, 6.07) is 0. The van der Waals surface area contributed by atoms with E-state index in [0.717, 1.165) is 22.5 Å². The van der Waals surface area contributed by atoms with Crippen LogP contribution in [0.15, 0.2) is 0 Å². The Kier molecular flexibility index (Phi) is 3.65. The third kappa shape index (κ3) is 2.88. The van der Waals surface area contributed by atoms with Gasteiger partial charge >= 0.3 is 74.0 Å². The normalized spacial score (nSPS) is 14.5. The first kappa shape index (κ1) is 10.2. The summed E-state index contributed by atoms with van der Waals surface area (Å²) in [6.07, 6.45) is 0. The summed E-state index contributed by atoms with van der Waals surface area (Å²) in [5.41, 5.74) is 1.63. The van der Waals surface area contributed by atoms with Gasteiger partial charge in [-0.25, -0.2) is 0 Å². The molecule has 0 aromatic heterocycles. The van der Waals surface area contributed by atoms with Crippen LogP contribution >= 0.6 is 0 Å². The number of carbonyl (C=O) groups is 1. The molecule has 2 radical (unpaired) electrons. The predicted molar refractivity (Wildman–Crippen MR) is 40.3 cm³/mol. The topological polar surface area (TPSA) is 49.3 Å². The molecule has 0 bridgehead atoms. The van der Waals surface area contributed by atoms with Gasteiger partial charge in [-0.1, -0.05) is 0 Å². The van der Waals surface area contributed by atoms with Crippen LogP contribution in [0.25, 0.3) is 0 Å². The van der Waals surface area contributed by atoms with Crippen molar-refractivity contribution in [2.45, 2.75) is 24.7 Å². The fraction of sp³-hybridized carbons (Fsp3) is 0.833. The molecule has 2 N–H and O–H groups in total. The maximum absolute atomic E-state index is 10.8. The molecule has 0 saturated carbocycles. The van der Waals surface area contributed by atoms with Crippen molar-refractivity contribution in [3.63, 3.8) is 0 Å². The Labute approximate surface area is 74.2 Å². The Balaban J connectivity index is 4.08. The summed E-state index contributed by atoms with van der Waals surface area (Å²) >= 11 is 0.834. The molecule has 1 unspecified atom stereocenters. The Morgan fingerprint density at radius 3 is 2.10 bits per heavy atom. The van der Waals surface area contributed by atoms with E-state index in [1.807, 2.05) is 20.8 Å². The quantitative estimate of drug-likeness (QED) is 0.397. The van der Waals surface area contributed by atoms with Crippen LogP contribution in [0.4, 0.5) is 0 Å². The molecule has 0 aliphatic rings. The standard InChI is InChI=1S/C6H12NO2.Sn.H/c1-6(2,3)4-5(8)7-9;;/h4,9H,1-3H3,(H,7,8);;. The van der Waals surface area contributed by atoms with E-state index in [9.17, 15) is 4.79 Å². The predicted octanol–water partition coefficient (Wildman–Crippen LogP) is 0.227. The zero-order valence-corrected chi connectivity index (χ0v) is 9.81. The van der Waals surface area contributed by atoms with Gasteiger partial charge in [-0.2, -0.15) is 0 Å². The van der Waals surface area contributed by atoms with Crippen LogP contribution < -0.4 is 5.48 Å². The van der Waals surface area contributed by atoms with Gasteiger partial charge in [0.05, 0.1) is 0 Å². The fourth-order valence-corrected chi connectivity index (χ4v) is 0.676. The molecular formula is C6H13NO2Sn. The summed E-state index contributed by atoms with van der Waals surface area (Å²) in [6.45, 7) is 5.95. The molecule has 3 nitrogen and oxygen atoms in total. The molecule has 0 aliphatic carbocycles. The average Bonchev–Trinajstić information content (AvgIpc) is 1.83. The van der Waals surface area contributed by atoms with Crippen LogP contribution in [-0.4, -0.2) is 33.6 Å². The van der Waals surface area contributed by atoms with E-state index in [1.165, 1.54) is 0 Å². The van der Waals surface area contributed by atoms with Gasteiger partial charge in [-0.05, 0) is 0 Å². The third-order valence-corrected chi connectivity index (χ3v) is 5.04. The van der Waals surface area contributed by atoms with Crippen molar-refractivity contribution in [1.82, 2.24) is 5.48 Å². The van der Waals surface area contributed by atoms with E-state index < -0.39 is 0 Å². The Morgan fingerprint density at radius 2 is 2.00 bits per heavy atom. The molecule has 4 heteroatoms. The van der Waals surface area contributed by atoms with E-state index in [0.29, 0.717) is 0 Å². The molecule has 10 heavy (non-hydrogen) atoms. The molecule has 0 saturated heterocycles. The van der Waals surface area contributed by atoms with Crippen molar-refractivity contribution < 1.29 is 10.0 Å². The first-order valence-electron chi connectivity index (χ1n) is 3.09. The number of hydrogen-bond acceptors (Lipinski definition) is 2. The zero-order valence-electron chi connectivity index (χ0n) is 6.51. The number of hydroxylamine groups is 1. The third-order valence-electron chi connectivity index (χ3n) is 1.33. The van der Waals surface area contributed by atoms with Crippen LogP contribution in [0.1, 0.15) is 20.8 Å². The number of hydrogen-bond donors (Lipinski definition) is 2. The van der Waals surface area contributed by atoms with Crippen LogP contribution in [0.2, 0.25) is 3.93 Å². The molecule has 0 spiro atoms. The van der Waals surface area contributed by atoms with Crippen molar-refractivity contribution >= 4 is 28.4 Å². The van der Waals surface area contributed by atoms with Crippen LogP contribution in [0.3, 0.4) is 0 Å². The Hall–Kier alpha value is 0.229. The summed E-state index contributed by atoms with van der Waals surface area (Å²) < 4.78 is -0.0390. The van der Waals surface area contributed by atoms with Gasteiger partial charge in [0.25, 0.3) is 0 Å². The minimum atomic E-state index is -0.269. The van der Waals surface area contributed by atoms with Crippen molar-refractivity contribution in [3.05, 3.63) is 0 Å². The molecule has 0 rings (SSSR count). The average molecular weight is 250 g/mol. The zero-order chi connectivity index (χ0) is 8.36. The summed E-state index contributed by atoms with van der Waals surface area (Å²) in [5.74, 6) is -0.269. The van der Waals surface area contributed by atoms with E-state index in [-0.39, 0.29) is 15.3 Å². The van der Waals surface area contributed by atoms with Crippen molar-refractivity contribution in [2.24, 2.45) is 5.41 Å². The molecule has 0 aliphatic heterocycles. The molecule has 0 aromatic rings. The number of carbonyl (C=O) groups excluding carboxylic acids is 1. The van der Waals surface area contributed by atoms with E-state index >= 15 is 0 Å². The van der Waals surface area contributed by atoms with Gasteiger partial charge < -0.3 is 0 Å². The maximum atomic E-state index is 10.8. The molecule has 1 amide bonds. The molecular weight excluding hydrogens is 237 g/mol. The number of amides is 1. The van der Waals surface area contributed by atoms with Gasteiger partial charge in [-0.15, -0.1) is 0 Å². The van der Waals surface area contributed by atoms with Crippen molar-refractivity contribution in [3.8, 4) is 0 Å². The SMILES string of the molecule is CC(C)(C)[CH]([SnH])C(=O)NO. The Bertz CT molecular complexity index is 130. The fourth-order valence-electron chi connectivity index (χ4n) is 0.463. The van der Waals surface area contributed by atoms with Gasteiger partial charge in [-0.3, -0.25) is 0 Å². The van der Waals surface area contributed by atoms with E-state index in [4.69, 9.17) is 5.21 Å². The summed E-state index contributed by atoms with van der Waals surface area (Å²) in [7, 11) is 0. The van der Waals surface area contributed by atoms with Crippen LogP contribution in [-0.2, 0) is 4.79 Å². The molecule has 0 heterocycles. The summed E-state index contributed by atoms with van der Waals surface area (Å²) in [4.78, 5) is 10.8. The van der Waals surface area contributed by atoms with E-state index in [1.54, 1.807) is 5.48 Å². The first-order valence-corrected chi connectivity index (χ1v) is 4.99. The molecule has 0 fully saturated rings. The monoisotopic (exact) mass is 251 g/mol. The molecule has 58 valence electrons. The second kappa shape index (κ2) is 3.57. The van der Waals surface area contributed by atoms with Crippen LogP contribution in [0, 0.1) is 5.41 Å². The van der Waals surface area contributed by atoms with Crippen LogP contribution in [0.5, 0.6) is 0 Å². The van der Waals surface area contributed by atoms with E-state index in [2.05, 4.69) is 0 Å². The first-order chi connectivity index (χ1) is 4.39. The summed E-state index contributed by atoms with van der Waals surface area (Å²) in [5, 5.41) is 8.29. The van der Waals surface area contributed by atoms with Gasteiger partial charge in [0.2, 0.25) is 0 Å². The second-order valence-electron chi connectivity index (χ2n) is 3.32. The van der Waals surface area contributed by atoms with Crippen molar-refractivity contribution in [2.75, 3.05) is 0 Å². The molecule has 0 aromatic carbocycles. The van der Waals surface area contributed by atoms with Gasteiger partial charge in [0.15, 0.2) is 0 Å². The number of nitrogens with one attached hydrogen (secondary N) is 1. The van der Waals surface area contributed by atoms with Gasteiger partial charge in [0.1, 0.15) is 0 Å². The number of rotatable bonds is 1. The second-order valence-corrected chi connectivity index (χ2v) is 5.22. The molecule has 1 atom stereocenters. The van der Waals surface area contributed by atoms with Gasteiger partial charge in [0, 0.05) is 0 Å². The Morgan fingerprint density at radius 1 is 1.60 bits per heavy atom.